The van der Waals surface area contributed by atoms with E-state index in [2.05, 4.69) is 0 Å². The van der Waals surface area contributed by atoms with Crippen LogP contribution in [0, 0.1) is 32.1 Å². The fourth-order valence-corrected chi connectivity index (χ4v) is 0. The maximum absolute atomic E-state index is 6.25. The van der Waals surface area contributed by atoms with Gasteiger partial charge in [0.2, 0.25) is 0 Å². The van der Waals surface area contributed by atoms with E-state index in [1.165, 1.54) is 0 Å². The van der Waals surface area contributed by atoms with Crippen LogP contribution in [0.25, 0.3) is 0 Å². The van der Waals surface area contributed by atoms with Crippen LogP contribution in [0.3, 0.4) is 0 Å². The Bertz CT molecular complexity index is 37.2. The normalized spacial score (nSPS) is 1.67. The number of nitrogens with zero attached hydrogens (tertiary/aromatic N) is 1. The summed E-state index contributed by atoms with van der Waals surface area (Å²) in [4.78, 5) is 0. The second-order valence-electron chi connectivity index (χ2n) is 0.250. The Morgan fingerprint density at radius 3 is 1.22 bits per heavy atom. The Hall–Kier alpha value is 1.37. The second kappa shape index (κ2) is 117. The minimum Gasteiger partial charge on any atom is -0.519 e. The topological polar surface area (TPSA) is 47.6 Å². The van der Waals surface area contributed by atoms with Crippen molar-refractivity contribution < 1.29 is 65.4 Å². The van der Waals surface area contributed by atoms with Crippen LogP contribution < -0.4 is 0 Å². The third kappa shape index (κ3) is 272. The van der Waals surface area contributed by atoms with Crippen LogP contribution in [0.2, 0.25) is 0 Å². The summed E-state index contributed by atoms with van der Waals surface area (Å²) in [6.07, 6.45) is 2.00. The van der Waals surface area contributed by atoms with Gasteiger partial charge in [-0.15, -0.1) is 0 Å². The Morgan fingerprint density at radius 1 is 1.22 bits per heavy atom. The molecule has 9 heavy (non-hydrogen) atoms. The zero-order valence-corrected chi connectivity index (χ0v) is 11.8. The predicted octanol–water partition coefficient (Wildman–Crippen LogP) is 1.52. The summed E-state index contributed by atoms with van der Waals surface area (Å²) in [6.45, 7) is 6.29. The SMILES string of the molecule is C[C-]=N.[C-]#N.[CH3-].[CH3-].[Y].[Y]. The first-order valence-electron chi connectivity index (χ1n) is 0.974. The van der Waals surface area contributed by atoms with Gasteiger partial charge in [-0.1, -0.05) is 0 Å². The van der Waals surface area contributed by atoms with Crippen LogP contribution in [-0.4, -0.2) is 6.21 Å². The van der Waals surface area contributed by atoms with Gasteiger partial charge in [-0.2, -0.15) is 6.92 Å². The van der Waals surface area contributed by atoms with Gasteiger partial charge in [0.05, 0.1) is 0 Å². The van der Waals surface area contributed by atoms with Gasteiger partial charge in [0.15, 0.2) is 0 Å². The molecular formula is C5H10N2Y2-4. The zero-order valence-electron chi connectivity index (χ0n) is 6.10. The molecule has 50 valence electrons. The first kappa shape index (κ1) is 47.7. The Labute approximate surface area is 109 Å². The van der Waals surface area contributed by atoms with Gasteiger partial charge in [0.1, 0.15) is 0 Å². The largest absolute Gasteiger partial charge is 0.519 e. The fraction of sp³-hybridized carbons (Fsp3) is 0.200. The molecule has 0 aromatic carbocycles. The van der Waals surface area contributed by atoms with Crippen LogP contribution in [0.5, 0.6) is 0 Å². The van der Waals surface area contributed by atoms with E-state index in [1.807, 2.05) is 6.21 Å². The van der Waals surface area contributed by atoms with Gasteiger partial charge in [0.25, 0.3) is 0 Å². The standard InChI is InChI=1S/C2H4N.CN.2CH3.2Y/c1-2-3;1-2;;;;/h3H,1H3;;2*1H3;;/q4*-1;;. The number of nitrogens with one attached hydrogen (secondary N) is 1. The van der Waals surface area contributed by atoms with Gasteiger partial charge in [0, 0.05) is 65.4 Å². The van der Waals surface area contributed by atoms with Crippen molar-refractivity contribution in [2.24, 2.45) is 0 Å². The zero-order chi connectivity index (χ0) is 4.71. The molecule has 0 heterocycles. The van der Waals surface area contributed by atoms with Crippen molar-refractivity contribution >= 4 is 6.21 Å². The summed E-state index contributed by atoms with van der Waals surface area (Å²) >= 11 is 0. The summed E-state index contributed by atoms with van der Waals surface area (Å²) in [5.41, 5.74) is 0. The molecule has 0 unspecified atom stereocenters. The molecule has 0 saturated heterocycles. The monoisotopic (exact) mass is 276 g/mol. The smallest absolute Gasteiger partial charge is 0 e. The van der Waals surface area contributed by atoms with Crippen molar-refractivity contribution in [1.29, 1.82) is 10.7 Å². The molecule has 0 aliphatic carbocycles. The van der Waals surface area contributed by atoms with Crippen molar-refractivity contribution in [3.05, 3.63) is 21.4 Å². The van der Waals surface area contributed by atoms with E-state index in [4.69, 9.17) is 17.2 Å². The van der Waals surface area contributed by atoms with Crippen LogP contribution >= 0.6 is 0 Å². The summed E-state index contributed by atoms with van der Waals surface area (Å²) in [5, 5.41) is 12.2. The van der Waals surface area contributed by atoms with Gasteiger partial charge in [-0.05, 0) is 0 Å². The average Bonchev–Trinajstić information content (AvgIpc) is 1.46. The van der Waals surface area contributed by atoms with E-state index < -0.39 is 0 Å². The summed E-state index contributed by atoms with van der Waals surface area (Å²) < 4.78 is 0. The van der Waals surface area contributed by atoms with E-state index in [0.29, 0.717) is 0 Å². The first-order valence-corrected chi connectivity index (χ1v) is 0.974. The van der Waals surface area contributed by atoms with Gasteiger partial charge in [-0.25, -0.2) is 0 Å². The van der Waals surface area contributed by atoms with Crippen LogP contribution in [0.1, 0.15) is 6.92 Å². The van der Waals surface area contributed by atoms with Gasteiger partial charge < -0.3 is 38.3 Å². The Balaban J connectivity index is -0.00000000357. The molecule has 2 radical (unpaired) electrons. The molecular weight excluding hydrogens is 266 g/mol. The summed E-state index contributed by atoms with van der Waals surface area (Å²) in [7, 11) is 0. The maximum Gasteiger partial charge on any atom is 0 e. The fourth-order valence-electron chi connectivity index (χ4n) is 0. The van der Waals surface area contributed by atoms with Gasteiger partial charge in [-0.3, -0.25) is 0 Å². The molecule has 0 spiro atoms. The van der Waals surface area contributed by atoms with Crippen LogP contribution in [-0.2, 0) is 65.4 Å². The molecule has 0 amide bonds. The minimum absolute atomic E-state index is 0. The van der Waals surface area contributed by atoms with Gasteiger partial charge >= 0.3 is 0 Å². The third-order valence-electron chi connectivity index (χ3n) is 0. The van der Waals surface area contributed by atoms with E-state index in [1.54, 1.807) is 6.92 Å². The van der Waals surface area contributed by atoms with E-state index in [0.717, 1.165) is 0 Å². The Morgan fingerprint density at radius 2 is 1.22 bits per heavy atom. The molecule has 0 saturated carbocycles. The van der Waals surface area contributed by atoms with Crippen molar-refractivity contribution in [2.75, 3.05) is 0 Å². The molecule has 4 heteroatoms. The number of hydrogen-bond donors (Lipinski definition) is 1. The number of hydrogen-bond acceptors (Lipinski definition) is 2. The molecule has 0 fully saturated rings. The molecule has 0 aliphatic heterocycles. The quantitative estimate of drug-likeness (QED) is 0.529. The van der Waals surface area contributed by atoms with Crippen molar-refractivity contribution in [2.45, 2.75) is 6.92 Å². The number of rotatable bonds is 0. The third-order valence-corrected chi connectivity index (χ3v) is 0. The second-order valence-corrected chi connectivity index (χ2v) is 0.250. The Kier molecular flexibility index (Phi) is 620. The molecule has 1 N–H and O–H groups in total. The molecule has 0 atom stereocenters. The molecule has 0 aromatic heterocycles. The molecule has 0 bridgehead atoms. The summed E-state index contributed by atoms with van der Waals surface area (Å²) in [5.74, 6) is 0. The molecule has 0 aromatic rings. The van der Waals surface area contributed by atoms with Crippen molar-refractivity contribution in [3.8, 4) is 0 Å². The van der Waals surface area contributed by atoms with Crippen molar-refractivity contribution in [3.63, 3.8) is 0 Å². The van der Waals surface area contributed by atoms with Crippen molar-refractivity contribution in [1.82, 2.24) is 0 Å². The van der Waals surface area contributed by atoms with Crippen LogP contribution in [0.4, 0.5) is 0 Å². The van der Waals surface area contributed by atoms with E-state index in [-0.39, 0.29) is 80.3 Å². The maximum atomic E-state index is 6.25. The van der Waals surface area contributed by atoms with E-state index in [9.17, 15) is 0 Å². The summed E-state index contributed by atoms with van der Waals surface area (Å²) in [6, 6.07) is 0. The first-order chi connectivity index (χ1) is 2.41. The molecule has 2 nitrogen and oxygen atoms in total. The molecule has 0 rings (SSSR count). The van der Waals surface area contributed by atoms with E-state index >= 15 is 0 Å². The minimum atomic E-state index is 0. The predicted molar refractivity (Wildman–Crippen MR) is 31.2 cm³/mol. The van der Waals surface area contributed by atoms with Crippen LogP contribution in [0.15, 0.2) is 0 Å². The molecule has 0 aliphatic rings. The average molecular weight is 276 g/mol.